The van der Waals surface area contributed by atoms with Gasteiger partial charge in [-0.3, -0.25) is 9.59 Å². The molecule has 2 amide bonds. The van der Waals surface area contributed by atoms with E-state index in [1.165, 1.54) is 0 Å². The van der Waals surface area contributed by atoms with Crippen LogP contribution in [0.3, 0.4) is 0 Å². The van der Waals surface area contributed by atoms with Crippen LogP contribution in [0.15, 0.2) is 48.5 Å². The molecule has 0 bridgehead atoms. The minimum Gasteiger partial charge on any atom is -0.481 e. The van der Waals surface area contributed by atoms with E-state index >= 15 is 0 Å². The number of nitrogens with one attached hydrogen (secondary N) is 2. The second kappa shape index (κ2) is 9.02. The Morgan fingerprint density at radius 1 is 1.00 bits per heavy atom. The van der Waals surface area contributed by atoms with Gasteiger partial charge in [0.2, 0.25) is 5.91 Å². The Bertz CT molecular complexity index is 985. The van der Waals surface area contributed by atoms with Crippen LogP contribution in [0.4, 0.5) is 4.79 Å². The van der Waals surface area contributed by atoms with E-state index in [1.54, 1.807) is 13.8 Å². The first-order valence-electron chi connectivity index (χ1n) is 11.0. The van der Waals surface area contributed by atoms with Crippen molar-refractivity contribution in [3.05, 3.63) is 59.7 Å². The SMILES string of the molecule is CC(NC(=O)OCC1c2ccccc2-c2ccccc21)C(C)C(=O)NC1CC(C(=O)O)C1. The van der Waals surface area contributed by atoms with Crippen LogP contribution >= 0.6 is 0 Å². The topological polar surface area (TPSA) is 105 Å². The van der Waals surface area contributed by atoms with Gasteiger partial charge >= 0.3 is 12.1 Å². The summed E-state index contributed by atoms with van der Waals surface area (Å²) in [4.78, 5) is 35.8. The smallest absolute Gasteiger partial charge is 0.407 e. The largest absolute Gasteiger partial charge is 0.481 e. The zero-order valence-electron chi connectivity index (χ0n) is 18.2. The van der Waals surface area contributed by atoms with Crippen molar-refractivity contribution >= 4 is 18.0 Å². The summed E-state index contributed by atoms with van der Waals surface area (Å²) in [7, 11) is 0. The first kappa shape index (κ1) is 21.9. The third-order valence-electron chi connectivity index (χ3n) is 6.69. The number of ether oxygens (including phenoxy) is 1. The van der Waals surface area contributed by atoms with Crippen molar-refractivity contribution in [3.63, 3.8) is 0 Å². The molecule has 0 spiro atoms. The quantitative estimate of drug-likeness (QED) is 0.616. The number of carboxylic acid groups (broad SMARTS) is 1. The molecular formula is C25H28N2O5. The molecule has 0 aliphatic heterocycles. The monoisotopic (exact) mass is 436 g/mol. The van der Waals surface area contributed by atoms with E-state index in [0.717, 1.165) is 22.3 Å². The van der Waals surface area contributed by atoms with Gasteiger partial charge in [-0.1, -0.05) is 55.5 Å². The average molecular weight is 437 g/mol. The number of rotatable bonds is 7. The highest BCUT2D eigenvalue weighted by Gasteiger charge is 2.36. The van der Waals surface area contributed by atoms with Gasteiger partial charge in [0, 0.05) is 18.0 Å². The lowest BCUT2D eigenvalue weighted by molar-refractivity contribution is -0.146. The van der Waals surface area contributed by atoms with E-state index in [9.17, 15) is 14.4 Å². The fraction of sp³-hybridized carbons (Fsp3) is 0.400. The summed E-state index contributed by atoms with van der Waals surface area (Å²) < 4.78 is 5.55. The van der Waals surface area contributed by atoms with Gasteiger partial charge in [-0.05, 0) is 42.0 Å². The molecule has 2 aliphatic carbocycles. The minimum atomic E-state index is -0.825. The van der Waals surface area contributed by atoms with E-state index < -0.39 is 24.0 Å². The number of carbonyl (C=O) groups excluding carboxylic acids is 2. The highest BCUT2D eigenvalue weighted by Crippen LogP contribution is 2.44. The van der Waals surface area contributed by atoms with E-state index in [-0.39, 0.29) is 30.4 Å². The van der Waals surface area contributed by atoms with Gasteiger partial charge < -0.3 is 20.5 Å². The molecule has 0 aromatic heterocycles. The van der Waals surface area contributed by atoms with Gasteiger partial charge in [-0.15, -0.1) is 0 Å². The molecule has 0 heterocycles. The molecule has 168 valence electrons. The molecule has 7 nitrogen and oxygen atoms in total. The Hall–Kier alpha value is -3.35. The Labute approximate surface area is 187 Å². The predicted molar refractivity (Wildman–Crippen MR) is 119 cm³/mol. The number of hydrogen-bond donors (Lipinski definition) is 3. The number of hydrogen-bond acceptors (Lipinski definition) is 4. The maximum Gasteiger partial charge on any atom is 0.407 e. The summed E-state index contributed by atoms with van der Waals surface area (Å²) in [5, 5.41) is 14.6. The van der Waals surface area contributed by atoms with E-state index in [0.29, 0.717) is 12.8 Å². The molecule has 2 aromatic rings. The molecular weight excluding hydrogens is 408 g/mol. The van der Waals surface area contributed by atoms with Crippen molar-refractivity contribution in [1.82, 2.24) is 10.6 Å². The molecule has 1 fully saturated rings. The molecule has 1 saturated carbocycles. The van der Waals surface area contributed by atoms with Gasteiger partial charge in [0.15, 0.2) is 0 Å². The molecule has 3 N–H and O–H groups in total. The van der Waals surface area contributed by atoms with Crippen LogP contribution in [0.5, 0.6) is 0 Å². The van der Waals surface area contributed by atoms with Gasteiger partial charge in [-0.25, -0.2) is 4.79 Å². The summed E-state index contributed by atoms with van der Waals surface area (Å²) in [6.45, 7) is 3.70. The maximum absolute atomic E-state index is 12.4. The van der Waals surface area contributed by atoms with Crippen molar-refractivity contribution in [2.45, 2.75) is 44.7 Å². The van der Waals surface area contributed by atoms with E-state index in [1.807, 2.05) is 24.3 Å². The molecule has 2 atom stereocenters. The Morgan fingerprint density at radius 3 is 2.12 bits per heavy atom. The zero-order valence-corrected chi connectivity index (χ0v) is 18.2. The lowest BCUT2D eigenvalue weighted by Gasteiger charge is -2.34. The van der Waals surface area contributed by atoms with Crippen LogP contribution in [0.2, 0.25) is 0 Å². The lowest BCUT2D eigenvalue weighted by Crippen LogP contribution is -2.51. The van der Waals surface area contributed by atoms with Crippen molar-refractivity contribution in [3.8, 4) is 11.1 Å². The number of amides is 2. The summed E-state index contributed by atoms with van der Waals surface area (Å²) in [5.74, 6) is -1.91. The van der Waals surface area contributed by atoms with Gasteiger partial charge in [0.1, 0.15) is 6.61 Å². The highest BCUT2D eigenvalue weighted by molar-refractivity contribution is 5.81. The van der Waals surface area contributed by atoms with Crippen LogP contribution in [-0.2, 0) is 14.3 Å². The van der Waals surface area contributed by atoms with Crippen molar-refractivity contribution in [2.75, 3.05) is 6.61 Å². The maximum atomic E-state index is 12.4. The molecule has 2 unspecified atom stereocenters. The summed E-state index contributed by atoms with van der Waals surface area (Å²) >= 11 is 0. The molecule has 0 saturated heterocycles. The molecule has 2 aromatic carbocycles. The third kappa shape index (κ3) is 4.33. The highest BCUT2D eigenvalue weighted by atomic mass is 16.5. The number of aliphatic carboxylic acids is 1. The molecule has 4 rings (SSSR count). The van der Waals surface area contributed by atoms with Crippen LogP contribution in [0.25, 0.3) is 11.1 Å². The van der Waals surface area contributed by atoms with Crippen LogP contribution < -0.4 is 10.6 Å². The fourth-order valence-electron chi connectivity index (χ4n) is 4.45. The Kier molecular flexibility index (Phi) is 6.17. The zero-order chi connectivity index (χ0) is 22.8. The van der Waals surface area contributed by atoms with Crippen molar-refractivity contribution in [2.24, 2.45) is 11.8 Å². The Morgan fingerprint density at radius 2 is 1.56 bits per heavy atom. The van der Waals surface area contributed by atoms with Gasteiger partial charge in [0.05, 0.1) is 11.8 Å². The number of carbonyl (C=O) groups is 3. The van der Waals surface area contributed by atoms with Crippen LogP contribution in [0.1, 0.15) is 43.7 Å². The van der Waals surface area contributed by atoms with Crippen molar-refractivity contribution < 1.29 is 24.2 Å². The second-order valence-corrected chi connectivity index (χ2v) is 8.76. The van der Waals surface area contributed by atoms with E-state index in [4.69, 9.17) is 9.84 Å². The van der Waals surface area contributed by atoms with Gasteiger partial charge in [0.25, 0.3) is 0 Å². The van der Waals surface area contributed by atoms with Crippen LogP contribution in [-0.4, -0.2) is 41.8 Å². The average Bonchev–Trinajstić information content (AvgIpc) is 3.07. The van der Waals surface area contributed by atoms with Gasteiger partial charge in [-0.2, -0.15) is 0 Å². The first-order chi connectivity index (χ1) is 15.3. The third-order valence-corrected chi connectivity index (χ3v) is 6.69. The lowest BCUT2D eigenvalue weighted by atomic mass is 9.80. The second-order valence-electron chi connectivity index (χ2n) is 8.76. The molecule has 32 heavy (non-hydrogen) atoms. The van der Waals surface area contributed by atoms with E-state index in [2.05, 4.69) is 34.9 Å². The summed E-state index contributed by atoms with van der Waals surface area (Å²) in [6, 6.07) is 15.7. The first-order valence-corrected chi connectivity index (χ1v) is 11.0. The predicted octanol–water partition coefficient (Wildman–Crippen LogP) is 3.53. The normalized spacial score (nSPS) is 20.8. The van der Waals surface area contributed by atoms with Crippen molar-refractivity contribution in [1.29, 1.82) is 0 Å². The molecule has 2 aliphatic rings. The van der Waals surface area contributed by atoms with Crippen LogP contribution in [0, 0.1) is 11.8 Å². The number of benzene rings is 2. The molecule has 7 heteroatoms. The summed E-state index contributed by atoms with van der Waals surface area (Å²) in [5.41, 5.74) is 4.61. The fourth-order valence-corrected chi connectivity index (χ4v) is 4.45. The summed E-state index contributed by atoms with van der Waals surface area (Å²) in [6.07, 6.45) is 0.331. The Balaban J connectivity index is 1.29. The number of alkyl carbamates (subject to hydrolysis) is 1. The number of fused-ring (bicyclic) bond motifs is 3. The molecule has 0 radical (unpaired) electrons. The standard InChI is InChI=1S/C25H28N2O5/c1-14(23(28)27-17-11-16(12-17)24(29)30)15(2)26-25(31)32-13-22-20-9-5-3-7-18(20)19-8-4-6-10-21(19)22/h3-10,14-17,22H,11-13H2,1-2H3,(H,26,31)(H,27,28)(H,29,30). The minimum absolute atomic E-state index is 0.0232. The number of carboxylic acids is 1.